The first-order chi connectivity index (χ1) is 13.0. The number of hydrogen-bond donors (Lipinski definition) is 0. The zero-order valence-electron chi connectivity index (χ0n) is 15.7. The predicted molar refractivity (Wildman–Crippen MR) is 105 cm³/mol. The SMILES string of the molecule is CN(C)C[C@@H]1OCCN(C(=O)c2ccc3ncsc3c2)[C@H]1c1cnn(C)c1. The Morgan fingerprint density at radius 1 is 1.41 bits per heavy atom. The van der Waals surface area contributed by atoms with Gasteiger partial charge in [-0.25, -0.2) is 4.98 Å². The van der Waals surface area contributed by atoms with E-state index in [0.717, 1.165) is 22.3 Å². The Morgan fingerprint density at radius 3 is 3.00 bits per heavy atom. The second kappa shape index (κ2) is 7.38. The number of morpholine rings is 1. The largest absolute Gasteiger partial charge is 0.373 e. The van der Waals surface area contributed by atoms with Crippen LogP contribution in [-0.2, 0) is 11.8 Å². The molecule has 8 heteroatoms. The first-order valence-electron chi connectivity index (χ1n) is 8.92. The molecule has 1 aliphatic heterocycles. The molecule has 2 atom stereocenters. The molecule has 0 N–H and O–H groups in total. The van der Waals surface area contributed by atoms with E-state index in [1.807, 2.05) is 56.6 Å². The average Bonchev–Trinajstić information content (AvgIpc) is 3.28. The summed E-state index contributed by atoms with van der Waals surface area (Å²) in [4.78, 5) is 21.7. The summed E-state index contributed by atoms with van der Waals surface area (Å²) in [5, 5.41) is 4.31. The number of aryl methyl sites for hydroxylation is 1. The van der Waals surface area contributed by atoms with Crippen LogP contribution in [0.4, 0.5) is 0 Å². The molecule has 4 rings (SSSR count). The molecule has 142 valence electrons. The first kappa shape index (κ1) is 18.1. The third-order valence-corrected chi connectivity index (χ3v) is 5.59. The number of aromatic nitrogens is 3. The van der Waals surface area contributed by atoms with Crippen LogP contribution in [0.25, 0.3) is 10.2 Å². The molecule has 0 bridgehead atoms. The summed E-state index contributed by atoms with van der Waals surface area (Å²) < 4.78 is 8.85. The van der Waals surface area contributed by atoms with E-state index in [2.05, 4.69) is 15.0 Å². The van der Waals surface area contributed by atoms with Gasteiger partial charge in [0.25, 0.3) is 5.91 Å². The molecule has 1 aliphatic rings. The Kier molecular flexibility index (Phi) is 4.94. The molecule has 1 amide bonds. The minimum atomic E-state index is -0.167. The van der Waals surface area contributed by atoms with Crippen LogP contribution < -0.4 is 0 Å². The monoisotopic (exact) mass is 385 g/mol. The van der Waals surface area contributed by atoms with Crippen molar-refractivity contribution in [1.29, 1.82) is 0 Å². The third kappa shape index (κ3) is 3.60. The topological polar surface area (TPSA) is 63.5 Å². The van der Waals surface area contributed by atoms with Crippen LogP contribution in [0.2, 0.25) is 0 Å². The summed E-state index contributed by atoms with van der Waals surface area (Å²) in [6.45, 7) is 1.82. The third-order valence-electron chi connectivity index (χ3n) is 4.80. The molecule has 7 nitrogen and oxygen atoms in total. The molecule has 0 aliphatic carbocycles. The lowest BCUT2D eigenvalue weighted by Crippen LogP contribution is -2.51. The van der Waals surface area contributed by atoms with E-state index >= 15 is 0 Å². The van der Waals surface area contributed by atoms with Crippen molar-refractivity contribution in [1.82, 2.24) is 24.6 Å². The van der Waals surface area contributed by atoms with Gasteiger partial charge in [0.15, 0.2) is 0 Å². The van der Waals surface area contributed by atoms with Crippen molar-refractivity contribution in [2.24, 2.45) is 7.05 Å². The van der Waals surface area contributed by atoms with E-state index in [-0.39, 0.29) is 18.1 Å². The van der Waals surface area contributed by atoms with Crippen LogP contribution in [0.3, 0.4) is 0 Å². The van der Waals surface area contributed by atoms with E-state index in [0.29, 0.717) is 18.7 Å². The number of rotatable bonds is 4. The maximum atomic E-state index is 13.4. The fraction of sp³-hybridized carbons (Fsp3) is 0.421. The van der Waals surface area contributed by atoms with Gasteiger partial charge in [-0.3, -0.25) is 9.48 Å². The van der Waals surface area contributed by atoms with Gasteiger partial charge in [0.2, 0.25) is 0 Å². The number of carbonyl (C=O) groups excluding carboxylic acids is 1. The highest BCUT2D eigenvalue weighted by Gasteiger charge is 2.37. The van der Waals surface area contributed by atoms with Gasteiger partial charge in [0, 0.05) is 37.5 Å². The number of likely N-dealkylation sites (N-methyl/N-ethyl adjacent to an activating group) is 1. The van der Waals surface area contributed by atoms with Crippen LogP contribution >= 0.6 is 11.3 Å². The number of hydrogen-bond acceptors (Lipinski definition) is 6. The van der Waals surface area contributed by atoms with Crippen molar-refractivity contribution in [3.05, 3.63) is 47.2 Å². The van der Waals surface area contributed by atoms with Gasteiger partial charge in [0.1, 0.15) is 0 Å². The molecule has 0 spiro atoms. The molecule has 1 aromatic carbocycles. The van der Waals surface area contributed by atoms with E-state index in [9.17, 15) is 4.79 Å². The van der Waals surface area contributed by atoms with Crippen molar-refractivity contribution >= 4 is 27.5 Å². The highest BCUT2D eigenvalue weighted by atomic mass is 32.1. The fourth-order valence-corrected chi connectivity index (χ4v) is 4.33. The first-order valence-corrected chi connectivity index (χ1v) is 9.80. The van der Waals surface area contributed by atoms with Crippen molar-refractivity contribution < 1.29 is 9.53 Å². The molecule has 0 saturated carbocycles. The fourth-order valence-electron chi connectivity index (χ4n) is 3.62. The van der Waals surface area contributed by atoms with Gasteiger partial charge in [-0.1, -0.05) is 0 Å². The zero-order valence-corrected chi connectivity index (χ0v) is 16.5. The van der Waals surface area contributed by atoms with Gasteiger partial charge < -0.3 is 14.5 Å². The molecular weight excluding hydrogens is 362 g/mol. The lowest BCUT2D eigenvalue weighted by molar-refractivity contribution is -0.0684. The molecule has 0 radical (unpaired) electrons. The van der Waals surface area contributed by atoms with E-state index in [1.165, 1.54) is 0 Å². The lowest BCUT2D eigenvalue weighted by Gasteiger charge is -2.41. The number of thiazole rings is 1. The minimum absolute atomic E-state index is 0.0196. The molecule has 1 fully saturated rings. The number of amides is 1. The Hall–Kier alpha value is -2.29. The summed E-state index contributed by atoms with van der Waals surface area (Å²) in [6, 6.07) is 5.54. The average molecular weight is 385 g/mol. The molecule has 3 heterocycles. The second-order valence-corrected chi connectivity index (χ2v) is 7.98. The van der Waals surface area contributed by atoms with Gasteiger partial charge >= 0.3 is 0 Å². The van der Waals surface area contributed by atoms with Crippen molar-refractivity contribution in [3.8, 4) is 0 Å². The quantitative estimate of drug-likeness (QED) is 0.689. The van der Waals surface area contributed by atoms with Crippen molar-refractivity contribution in [2.75, 3.05) is 33.8 Å². The van der Waals surface area contributed by atoms with Crippen LogP contribution in [-0.4, -0.2) is 70.4 Å². The van der Waals surface area contributed by atoms with Crippen LogP contribution in [0.15, 0.2) is 36.1 Å². The molecular formula is C19H23N5O2S. The standard InChI is InChI=1S/C19H23N5O2S/c1-22(2)11-16-18(14-9-21-23(3)10-14)24(6-7-26-16)19(25)13-4-5-15-17(8-13)27-12-20-15/h4-5,8-10,12,16,18H,6-7,11H2,1-3H3/t16-,18-/m0/s1. The lowest BCUT2D eigenvalue weighted by atomic mass is 9.99. The Bertz CT molecular complexity index is 950. The molecule has 0 unspecified atom stereocenters. The molecule has 1 saturated heterocycles. The van der Waals surface area contributed by atoms with Gasteiger partial charge in [-0.2, -0.15) is 5.10 Å². The molecule has 3 aromatic rings. The highest BCUT2D eigenvalue weighted by Crippen LogP contribution is 2.32. The molecule has 2 aromatic heterocycles. The normalized spacial score (nSPS) is 20.5. The van der Waals surface area contributed by atoms with Gasteiger partial charge in [-0.15, -0.1) is 11.3 Å². The maximum Gasteiger partial charge on any atom is 0.254 e. The Balaban J connectivity index is 1.69. The number of carbonyl (C=O) groups is 1. The second-order valence-electron chi connectivity index (χ2n) is 7.10. The number of ether oxygens (including phenoxy) is 1. The summed E-state index contributed by atoms with van der Waals surface area (Å²) >= 11 is 1.55. The summed E-state index contributed by atoms with van der Waals surface area (Å²) in [5.74, 6) is 0.0196. The Morgan fingerprint density at radius 2 is 2.26 bits per heavy atom. The summed E-state index contributed by atoms with van der Waals surface area (Å²) in [6.07, 6.45) is 3.69. The number of nitrogens with zero attached hydrogens (tertiary/aromatic N) is 5. The van der Waals surface area contributed by atoms with Crippen LogP contribution in [0.5, 0.6) is 0 Å². The highest BCUT2D eigenvalue weighted by molar-refractivity contribution is 7.16. The maximum absolute atomic E-state index is 13.4. The van der Waals surface area contributed by atoms with Crippen LogP contribution in [0.1, 0.15) is 22.0 Å². The number of fused-ring (bicyclic) bond motifs is 1. The summed E-state index contributed by atoms with van der Waals surface area (Å²) in [7, 11) is 5.92. The van der Waals surface area contributed by atoms with Gasteiger partial charge in [-0.05, 0) is 32.3 Å². The molecule has 27 heavy (non-hydrogen) atoms. The zero-order chi connectivity index (χ0) is 19.0. The van der Waals surface area contributed by atoms with E-state index in [1.54, 1.807) is 21.5 Å². The minimum Gasteiger partial charge on any atom is -0.373 e. The predicted octanol–water partition coefficient (Wildman–Crippen LogP) is 2.17. The van der Waals surface area contributed by atoms with Crippen molar-refractivity contribution in [3.63, 3.8) is 0 Å². The van der Waals surface area contributed by atoms with E-state index in [4.69, 9.17) is 4.74 Å². The van der Waals surface area contributed by atoms with Crippen LogP contribution in [0, 0.1) is 0 Å². The van der Waals surface area contributed by atoms with E-state index < -0.39 is 0 Å². The van der Waals surface area contributed by atoms with Crippen molar-refractivity contribution in [2.45, 2.75) is 12.1 Å². The summed E-state index contributed by atoms with van der Waals surface area (Å²) in [5.41, 5.74) is 4.41. The smallest absolute Gasteiger partial charge is 0.254 e. The number of benzene rings is 1. The Labute approximate surface area is 162 Å². The van der Waals surface area contributed by atoms with Gasteiger partial charge in [0.05, 0.1) is 40.7 Å².